The van der Waals surface area contributed by atoms with E-state index < -0.39 is 0 Å². The van der Waals surface area contributed by atoms with E-state index in [1.165, 1.54) is 18.4 Å². The van der Waals surface area contributed by atoms with Gasteiger partial charge in [-0.05, 0) is 30.4 Å². The number of nitrogens with two attached hydrogens (primary N) is 1. The molecule has 1 aliphatic carbocycles. The lowest BCUT2D eigenvalue weighted by Gasteiger charge is -1.98. The van der Waals surface area contributed by atoms with Crippen LogP contribution < -0.4 is 5.73 Å². The number of pyridine rings is 1. The van der Waals surface area contributed by atoms with E-state index in [2.05, 4.69) is 11.1 Å². The van der Waals surface area contributed by atoms with Crippen molar-refractivity contribution >= 4 is 24.8 Å². The highest BCUT2D eigenvalue weighted by atomic mass is 35.5. The maximum atomic E-state index is 5.43. The average Bonchev–Trinajstić information content (AvgIpc) is 2.87. The standard InChI is InChI=1S/C9H12N2.2ClH/c10-5-9-4-3-8(6-11-9)7-1-2-7;;/h3-4,6-7H,1-2,5,10H2;2*1H. The van der Waals surface area contributed by atoms with Crippen LogP contribution in [-0.2, 0) is 6.54 Å². The number of nitrogens with zero attached hydrogens (tertiary/aromatic N) is 1. The second kappa shape index (κ2) is 5.43. The van der Waals surface area contributed by atoms with E-state index in [0.717, 1.165) is 11.6 Å². The molecule has 1 aromatic rings. The Morgan fingerprint density at radius 3 is 2.38 bits per heavy atom. The van der Waals surface area contributed by atoms with Crippen LogP contribution in [0.3, 0.4) is 0 Å². The van der Waals surface area contributed by atoms with Gasteiger partial charge < -0.3 is 5.73 Å². The molecule has 0 atom stereocenters. The van der Waals surface area contributed by atoms with Crippen LogP contribution in [0.15, 0.2) is 18.3 Å². The molecular weight excluding hydrogens is 207 g/mol. The maximum Gasteiger partial charge on any atom is 0.0539 e. The van der Waals surface area contributed by atoms with Crippen molar-refractivity contribution in [1.82, 2.24) is 4.98 Å². The number of halogens is 2. The van der Waals surface area contributed by atoms with Gasteiger partial charge in [0.15, 0.2) is 0 Å². The molecule has 0 unspecified atom stereocenters. The molecule has 1 heterocycles. The molecule has 0 bridgehead atoms. The van der Waals surface area contributed by atoms with Gasteiger partial charge in [-0.1, -0.05) is 6.07 Å². The van der Waals surface area contributed by atoms with Crippen molar-refractivity contribution in [2.24, 2.45) is 5.73 Å². The molecule has 4 heteroatoms. The molecule has 1 fully saturated rings. The highest BCUT2D eigenvalue weighted by Crippen LogP contribution is 2.39. The molecule has 0 amide bonds. The molecule has 2 nitrogen and oxygen atoms in total. The van der Waals surface area contributed by atoms with Crippen LogP contribution >= 0.6 is 24.8 Å². The minimum Gasteiger partial charge on any atom is -0.325 e. The fourth-order valence-corrected chi connectivity index (χ4v) is 1.21. The molecular formula is C9H14Cl2N2. The maximum absolute atomic E-state index is 5.43. The van der Waals surface area contributed by atoms with Gasteiger partial charge in [0, 0.05) is 12.7 Å². The van der Waals surface area contributed by atoms with Gasteiger partial charge in [-0.2, -0.15) is 0 Å². The lowest BCUT2D eigenvalue weighted by atomic mass is 10.2. The van der Waals surface area contributed by atoms with Crippen LogP contribution in [-0.4, -0.2) is 4.98 Å². The summed E-state index contributed by atoms with van der Waals surface area (Å²) in [5.74, 6) is 0.800. The predicted molar refractivity (Wildman–Crippen MR) is 58.6 cm³/mol. The van der Waals surface area contributed by atoms with E-state index in [4.69, 9.17) is 5.73 Å². The molecule has 74 valence electrons. The summed E-state index contributed by atoms with van der Waals surface area (Å²) in [7, 11) is 0. The summed E-state index contributed by atoms with van der Waals surface area (Å²) < 4.78 is 0. The molecule has 2 rings (SSSR count). The van der Waals surface area contributed by atoms with Gasteiger partial charge in [-0.25, -0.2) is 0 Å². The summed E-state index contributed by atoms with van der Waals surface area (Å²) in [4.78, 5) is 4.23. The molecule has 1 saturated carbocycles. The zero-order valence-electron chi connectivity index (χ0n) is 7.27. The van der Waals surface area contributed by atoms with Crippen molar-refractivity contribution in [2.75, 3.05) is 0 Å². The van der Waals surface area contributed by atoms with Crippen LogP contribution in [0.5, 0.6) is 0 Å². The lowest BCUT2D eigenvalue weighted by Crippen LogP contribution is -1.98. The molecule has 1 aromatic heterocycles. The molecule has 13 heavy (non-hydrogen) atoms. The minimum atomic E-state index is 0. The second-order valence-corrected chi connectivity index (χ2v) is 3.06. The van der Waals surface area contributed by atoms with E-state index in [0.29, 0.717) is 6.54 Å². The van der Waals surface area contributed by atoms with Crippen LogP contribution in [0, 0.1) is 0 Å². The van der Waals surface area contributed by atoms with Crippen LogP contribution in [0.4, 0.5) is 0 Å². The Bertz CT molecular complexity index is 244. The zero-order chi connectivity index (χ0) is 7.68. The summed E-state index contributed by atoms with van der Waals surface area (Å²) in [5, 5.41) is 0. The van der Waals surface area contributed by atoms with E-state index in [9.17, 15) is 0 Å². The summed E-state index contributed by atoms with van der Waals surface area (Å²) in [6.45, 7) is 0.547. The monoisotopic (exact) mass is 220 g/mol. The third kappa shape index (κ3) is 3.14. The third-order valence-corrected chi connectivity index (χ3v) is 2.11. The topological polar surface area (TPSA) is 38.9 Å². The number of aromatic nitrogens is 1. The van der Waals surface area contributed by atoms with Crippen LogP contribution in [0.1, 0.15) is 30.0 Å². The largest absolute Gasteiger partial charge is 0.325 e. The predicted octanol–water partition coefficient (Wildman–Crippen LogP) is 2.26. The van der Waals surface area contributed by atoms with Crippen molar-refractivity contribution in [1.29, 1.82) is 0 Å². The highest BCUT2D eigenvalue weighted by molar-refractivity contribution is 5.85. The van der Waals surface area contributed by atoms with E-state index in [1.54, 1.807) is 0 Å². The summed E-state index contributed by atoms with van der Waals surface area (Å²) in [6.07, 6.45) is 4.63. The molecule has 0 aromatic carbocycles. The Balaban J connectivity index is 0.000000720. The summed E-state index contributed by atoms with van der Waals surface area (Å²) in [6, 6.07) is 4.17. The van der Waals surface area contributed by atoms with Crippen molar-refractivity contribution in [3.8, 4) is 0 Å². The van der Waals surface area contributed by atoms with Crippen molar-refractivity contribution in [2.45, 2.75) is 25.3 Å². The Morgan fingerprint density at radius 1 is 1.31 bits per heavy atom. The Labute approximate surface area is 90.8 Å². The molecule has 0 radical (unpaired) electrons. The minimum absolute atomic E-state index is 0. The first-order chi connectivity index (χ1) is 5.40. The Morgan fingerprint density at radius 2 is 2.00 bits per heavy atom. The molecule has 2 N–H and O–H groups in total. The van der Waals surface area contributed by atoms with Gasteiger partial charge in [-0.3, -0.25) is 4.98 Å². The molecule has 0 saturated heterocycles. The first-order valence-electron chi connectivity index (χ1n) is 4.05. The fraction of sp³-hybridized carbons (Fsp3) is 0.444. The Hall–Kier alpha value is -0.310. The van der Waals surface area contributed by atoms with Gasteiger partial charge in [0.25, 0.3) is 0 Å². The summed E-state index contributed by atoms with van der Waals surface area (Å²) in [5.41, 5.74) is 7.79. The first-order valence-corrected chi connectivity index (χ1v) is 4.05. The van der Waals surface area contributed by atoms with E-state index in [1.807, 2.05) is 12.3 Å². The van der Waals surface area contributed by atoms with Gasteiger partial charge in [0.1, 0.15) is 0 Å². The van der Waals surface area contributed by atoms with Crippen molar-refractivity contribution < 1.29 is 0 Å². The van der Waals surface area contributed by atoms with Crippen LogP contribution in [0.2, 0.25) is 0 Å². The quantitative estimate of drug-likeness (QED) is 0.831. The number of hydrogen-bond acceptors (Lipinski definition) is 2. The van der Waals surface area contributed by atoms with Crippen LogP contribution in [0.25, 0.3) is 0 Å². The van der Waals surface area contributed by atoms with E-state index in [-0.39, 0.29) is 24.8 Å². The van der Waals surface area contributed by atoms with Crippen molar-refractivity contribution in [3.05, 3.63) is 29.6 Å². The molecule has 0 aliphatic heterocycles. The van der Waals surface area contributed by atoms with Gasteiger partial charge >= 0.3 is 0 Å². The number of rotatable bonds is 2. The van der Waals surface area contributed by atoms with Gasteiger partial charge in [0.2, 0.25) is 0 Å². The first kappa shape index (κ1) is 12.7. The molecule has 0 spiro atoms. The number of hydrogen-bond donors (Lipinski definition) is 1. The summed E-state index contributed by atoms with van der Waals surface area (Å²) >= 11 is 0. The van der Waals surface area contributed by atoms with Crippen molar-refractivity contribution in [3.63, 3.8) is 0 Å². The molecule has 1 aliphatic rings. The second-order valence-electron chi connectivity index (χ2n) is 3.06. The highest BCUT2D eigenvalue weighted by Gasteiger charge is 2.23. The van der Waals surface area contributed by atoms with Gasteiger partial charge in [-0.15, -0.1) is 24.8 Å². The smallest absolute Gasteiger partial charge is 0.0539 e. The average molecular weight is 221 g/mol. The SMILES string of the molecule is Cl.Cl.NCc1ccc(C2CC2)cn1. The Kier molecular flexibility index (Phi) is 5.30. The fourth-order valence-electron chi connectivity index (χ4n) is 1.21. The normalized spacial score (nSPS) is 14.2. The van der Waals surface area contributed by atoms with Gasteiger partial charge in [0.05, 0.1) is 5.69 Å². The third-order valence-electron chi connectivity index (χ3n) is 2.11. The lowest BCUT2D eigenvalue weighted by molar-refractivity contribution is 0.969. The van der Waals surface area contributed by atoms with E-state index >= 15 is 0 Å². The zero-order valence-corrected chi connectivity index (χ0v) is 8.90.